The maximum Gasteiger partial charge on any atom is 0.410 e. The molecule has 134 valence electrons. The summed E-state index contributed by atoms with van der Waals surface area (Å²) < 4.78 is 5.45. The van der Waals surface area contributed by atoms with Gasteiger partial charge in [0, 0.05) is 29.7 Å². The van der Waals surface area contributed by atoms with Crippen molar-refractivity contribution in [1.29, 1.82) is 0 Å². The summed E-state index contributed by atoms with van der Waals surface area (Å²) in [6, 6.07) is 9.86. The Bertz CT molecular complexity index is 954. The van der Waals surface area contributed by atoms with Crippen LogP contribution in [-0.4, -0.2) is 35.6 Å². The SMILES string of the molecule is CC(C)(C)OC(=O)N1CC=C(c2ccc3c4c(cccc24)NC3=O)CC1. The average Bonchev–Trinajstić information content (AvgIpc) is 2.92. The van der Waals surface area contributed by atoms with E-state index in [0.29, 0.717) is 13.1 Å². The molecule has 2 amide bonds. The van der Waals surface area contributed by atoms with Crippen LogP contribution in [0.3, 0.4) is 0 Å². The van der Waals surface area contributed by atoms with E-state index in [2.05, 4.69) is 17.5 Å². The largest absolute Gasteiger partial charge is 0.444 e. The average molecular weight is 350 g/mol. The van der Waals surface area contributed by atoms with Gasteiger partial charge in [-0.1, -0.05) is 24.3 Å². The van der Waals surface area contributed by atoms with Crippen molar-refractivity contribution in [1.82, 2.24) is 4.90 Å². The van der Waals surface area contributed by atoms with E-state index < -0.39 is 5.60 Å². The molecule has 0 bridgehead atoms. The topological polar surface area (TPSA) is 58.6 Å². The summed E-state index contributed by atoms with van der Waals surface area (Å²) in [4.78, 5) is 26.0. The molecule has 0 saturated carbocycles. The molecule has 0 unspecified atom stereocenters. The minimum Gasteiger partial charge on any atom is -0.444 e. The lowest BCUT2D eigenvalue weighted by Crippen LogP contribution is -2.39. The maximum absolute atomic E-state index is 12.2. The zero-order valence-corrected chi connectivity index (χ0v) is 15.3. The Kier molecular flexibility index (Phi) is 3.75. The molecular formula is C21H22N2O3. The van der Waals surface area contributed by atoms with Crippen LogP contribution in [0.1, 0.15) is 43.1 Å². The van der Waals surface area contributed by atoms with Crippen molar-refractivity contribution in [3.63, 3.8) is 0 Å². The number of nitrogens with zero attached hydrogens (tertiary/aromatic N) is 1. The van der Waals surface area contributed by atoms with Crippen LogP contribution in [-0.2, 0) is 4.74 Å². The molecule has 0 aromatic heterocycles. The number of carbonyl (C=O) groups is 2. The van der Waals surface area contributed by atoms with Gasteiger partial charge in [0.15, 0.2) is 0 Å². The zero-order valence-electron chi connectivity index (χ0n) is 15.3. The fraction of sp³-hybridized carbons (Fsp3) is 0.333. The van der Waals surface area contributed by atoms with Crippen molar-refractivity contribution in [2.75, 3.05) is 18.4 Å². The first-order valence-corrected chi connectivity index (χ1v) is 8.88. The molecule has 2 aromatic carbocycles. The standard InChI is InChI=1S/C21H22N2O3/c1-21(2,3)26-20(25)23-11-9-13(10-12-23)14-7-8-16-18-15(14)5-4-6-17(18)22-19(16)24/h4-9H,10-12H2,1-3H3,(H,22,24). The number of hydrogen-bond donors (Lipinski definition) is 1. The van der Waals surface area contributed by atoms with E-state index in [1.54, 1.807) is 4.90 Å². The Morgan fingerprint density at radius 3 is 2.62 bits per heavy atom. The van der Waals surface area contributed by atoms with Crippen LogP contribution >= 0.6 is 0 Å². The Morgan fingerprint density at radius 2 is 1.92 bits per heavy atom. The number of amides is 2. The number of anilines is 1. The van der Waals surface area contributed by atoms with Crippen LogP contribution in [0.4, 0.5) is 10.5 Å². The molecule has 1 N–H and O–H groups in total. The highest BCUT2D eigenvalue weighted by Crippen LogP contribution is 2.38. The smallest absolute Gasteiger partial charge is 0.410 e. The molecule has 0 atom stereocenters. The molecule has 2 heterocycles. The molecular weight excluding hydrogens is 328 g/mol. The van der Waals surface area contributed by atoms with Gasteiger partial charge in [0.2, 0.25) is 0 Å². The second kappa shape index (κ2) is 5.87. The Labute approximate surface area is 152 Å². The molecule has 0 aliphatic carbocycles. The van der Waals surface area contributed by atoms with Crippen LogP contribution in [0.2, 0.25) is 0 Å². The molecule has 0 saturated heterocycles. The van der Waals surface area contributed by atoms with E-state index in [4.69, 9.17) is 4.74 Å². The van der Waals surface area contributed by atoms with E-state index in [0.717, 1.165) is 34.0 Å². The molecule has 2 aromatic rings. The quantitative estimate of drug-likeness (QED) is 0.828. The lowest BCUT2D eigenvalue weighted by atomic mass is 9.92. The zero-order chi connectivity index (χ0) is 18.5. The lowest BCUT2D eigenvalue weighted by molar-refractivity contribution is 0.0270. The first kappa shape index (κ1) is 16.6. The Morgan fingerprint density at radius 1 is 1.15 bits per heavy atom. The van der Waals surface area contributed by atoms with E-state index in [9.17, 15) is 9.59 Å². The van der Waals surface area contributed by atoms with Crippen molar-refractivity contribution in [3.05, 3.63) is 47.5 Å². The van der Waals surface area contributed by atoms with Gasteiger partial charge in [-0.3, -0.25) is 4.79 Å². The monoisotopic (exact) mass is 350 g/mol. The number of benzene rings is 2. The molecule has 26 heavy (non-hydrogen) atoms. The van der Waals surface area contributed by atoms with Crippen LogP contribution in [0, 0.1) is 0 Å². The third-order valence-electron chi connectivity index (χ3n) is 4.74. The van der Waals surface area contributed by atoms with Crippen LogP contribution in [0.25, 0.3) is 16.3 Å². The molecule has 5 nitrogen and oxygen atoms in total. The molecule has 2 aliphatic rings. The minimum absolute atomic E-state index is 0.0449. The number of rotatable bonds is 1. The van der Waals surface area contributed by atoms with E-state index in [1.807, 2.05) is 45.0 Å². The van der Waals surface area contributed by atoms with Crippen molar-refractivity contribution >= 4 is 34.0 Å². The third kappa shape index (κ3) is 2.83. The predicted molar refractivity (Wildman–Crippen MR) is 102 cm³/mol. The van der Waals surface area contributed by atoms with Gasteiger partial charge in [0.1, 0.15) is 5.60 Å². The van der Waals surface area contributed by atoms with E-state index in [-0.39, 0.29) is 12.0 Å². The second-order valence-corrected chi connectivity index (χ2v) is 7.75. The van der Waals surface area contributed by atoms with Crippen molar-refractivity contribution in [2.45, 2.75) is 32.8 Å². The number of hydrogen-bond acceptors (Lipinski definition) is 3. The lowest BCUT2D eigenvalue weighted by Gasteiger charge is -2.30. The fourth-order valence-electron chi connectivity index (χ4n) is 3.58. The molecule has 4 rings (SSSR count). The summed E-state index contributed by atoms with van der Waals surface area (Å²) in [7, 11) is 0. The number of carbonyl (C=O) groups excluding carboxylic acids is 2. The maximum atomic E-state index is 12.2. The fourth-order valence-corrected chi connectivity index (χ4v) is 3.58. The van der Waals surface area contributed by atoms with Gasteiger partial charge in [0.25, 0.3) is 5.91 Å². The highest BCUT2D eigenvalue weighted by atomic mass is 16.6. The third-order valence-corrected chi connectivity index (χ3v) is 4.74. The molecule has 0 fully saturated rings. The summed E-state index contributed by atoms with van der Waals surface area (Å²) in [5, 5.41) is 4.99. The van der Waals surface area contributed by atoms with Gasteiger partial charge in [0.05, 0.1) is 0 Å². The van der Waals surface area contributed by atoms with Crippen molar-refractivity contribution in [2.24, 2.45) is 0 Å². The summed E-state index contributed by atoms with van der Waals surface area (Å²) in [5.41, 5.74) is 3.44. The Hall–Kier alpha value is -2.82. The summed E-state index contributed by atoms with van der Waals surface area (Å²) >= 11 is 0. The van der Waals surface area contributed by atoms with Crippen molar-refractivity contribution < 1.29 is 14.3 Å². The van der Waals surface area contributed by atoms with E-state index >= 15 is 0 Å². The van der Waals surface area contributed by atoms with Gasteiger partial charge in [-0.15, -0.1) is 0 Å². The molecule has 2 aliphatic heterocycles. The number of ether oxygens (including phenoxy) is 1. The predicted octanol–water partition coefficient (Wildman–Crippen LogP) is 4.43. The summed E-state index contributed by atoms with van der Waals surface area (Å²) in [5.74, 6) is -0.0449. The highest BCUT2D eigenvalue weighted by molar-refractivity contribution is 6.25. The number of nitrogens with one attached hydrogen (secondary N) is 1. The molecule has 0 radical (unpaired) electrons. The first-order chi connectivity index (χ1) is 12.3. The minimum atomic E-state index is -0.488. The normalized spacial score (nSPS) is 16.5. The van der Waals surface area contributed by atoms with Crippen LogP contribution in [0.5, 0.6) is 0 Å². The second-order valence-electron chi connectivity index (χ2n) is 7.75. The van der Waals surface area contributed by atoms with Gasteiger partial charge >= 0.3 is 6.09 Å². The molecule has 5 heteroatoms. The summed E-state index contributed by atoms with van der Waals surface area (Å²) in [6.45, 7) is 6.78. The van der Waals surface area contributed by atoms with Gasteiger partial charge in [-0.05, 0) is 55.8 Å². The van der Waals surface area contributed by atoms with E-state index in [1.165, 1.54) is 5.57 Å². The van der Waals surface area contributed by atoms with Crippen molar-refractivity contribution in [3.8, 4) is 0 Å². The highest BCUT2D eigenvalue weighted by Gasteiger charge is 2.26. The van der Waals surface area contributed by atoms with Gasteiger partial charge < -0.3 is 15.0 Å². The first-order valence-electron chi connectivity index (χ1n) is 8.88. The van der Waals surface area contributed by atoms with Crippen LogP contribution < -0.4 is 5.32 Å². The van der Waals surface area contributed by atoms with Crippen LogP contribution in [0.15, 0.2) is 36.4 Å². The Balaban J connectivity index is 1.63. The summed E-state index contributed by atoms with van der Waals surface area (Å²) in [6.07, 6.45) is 2.57. The van der Waals surface area contributed by atoms with Gasteiger partial charge in [-0.2, -0.15) is 0 Å². The molecule has 0 spiro atoms. The van der Waals surface area contributed by atoms with Gasteiger partial charge in [-0.25, -0.2) is 4.79 Å².